The predicted molar refractivity (Wildman–Crippen MR) is 125 cm³/mol. The van der Waals surface area contributed by atoms with Crippen LogP contribution in [-0.2, 0) is 0 Å². The number of hydrogen-bond acceptors (Lipinski definition) is 5. The van der Waals surface area contributed by atoms with Crippen LogP contribution in [0, 0.1) is 5.13 Å². The molecular weight excluding hydrogens is 411 g/mol. The second kappa shape index (κ2) is 7.73. The largest absolute Gasteiger partial charge is 0.352 e. The number of hydrogen-bond donors (Lipinski definition) is 2. The second-order valence-electron chi connectivity index (χ2n) is 6.81. The van der Waals surface area contributed by atoms with E-state index in [9.17, 15) is 4.39 Å². The van der Waals surface area contributed by atoms with Gasteiger partial charge in [-0.3, -0.25) is 20.1 Å². The molecule has 6 nitrogen and oxygen atoms in total. The number of thiophene rings is 1. The van der Waals surface area contributed by atoms with Gasteiger partial charge in [0.25, 0.3) is 0 Å². The molecule has 31 heavy (non-hydrogen) atoms. The number of aromatic nitrogens is 5. The van der Waals surface area contributed by atoms with Crippen molar-refractivity contribution in [1.82, 2.24) is 25.1 Å². The van der Waals surface area contributed by atoms with Crippen molar-refractivity contribution in [2.45, 2.75) is 6.92 Å². The van der Waals surface area contributed by atoms with E-state index in [0.717, 1.165) is 66.4 Å². The Morgan fingerprint density at radius 1 is 1.16 bits per heavy atom. The number of nitrogens with one attached hydrogen (secondary N) is 2. The van der Waals surface area contributed by atoms with E-state index in [1.54, 1.807) is 36.9 Å². The monoisotopic (exact) mass is 428 g/mol. The minimum atomic E-state index is -0.222. The number of aliphatic imine (C=N–C) groups is 1. The van der Waals surface area contributed by atoms with Gasteiger partial charge in [-0.05, 0) is 31.2 Å². The van der Waals surface area contributed by atoms with Crippen LogP contribution in [0.25, 0.3) is 49.3 Å². The fourth-order valence-electron chi connectivity index (χ4n) is 3.52. The van der Waals surface area contributed by atoms with Crippen molar-refractivity contribution in [3.05, 3.63) is 72.4 Å². The summed E-state index contributed by atoms with van der Waals surface area (Å²) in [5.41, 5.74) is 5.64. The molecule has 0 radical (unpaired) electrons. The molecule has 0 amide bonds. The van der Waals surface area contributed by atoms with Crippen LogP contribution in [0.4, 0.5) is 4.39 Å². The number of nitrogens with zero attached hydrogens (tertiary/aromatic N) is 4. The average Bonchev–Trinajstić information content (AvgIpc) is 3.51. The number of fused-ring (bicyclic) bond motifs is 2. The molecule has 5 heterocycles. The number of rotatable bonds is 5. The number of allylic oxidation sites excluding steroid dienone is 2. The van der Waals surface area contributed by atoms with E-state index in [1.165, 1.54) is 6.07 Å². The van der Waals surface area contributed by atoms with Gasteiger partial charge >= 0.3 is 0 Å². The van der Waals surface area contributed by atoms with Crippen LogP contribution in [-0.4, -0.2) is 31.4 Å². The smallest absolute Gasteiger partial charge is 0.176 e. The van der Waals surface area contributed by atoms with Gasteiger partial charge in [0, 0.05) is 33.6 Å². The van der Waals surface area contributed by atoms with Crippen LogP contribution >= 0.6 is 11.3 Å². The molecule has 0 aliphatic rings. The van der Waals surface area contributed by atoms with Gasteiger partial charge in [-0.2, -0.15) is 9.49 Å². The number of halogens is 1. The molecule has 0 saturated heterocycles. The highest BCUT2D eigenvalue weighted by Gasteiger charge is 2.16. The summed E-state index contributed by atoms with van der Waals surface area (Å²) in [6.45, 7) is 5.58. The molecule has 0 aliphatic carbocycles. The molecular formula is C23H17FN6S. The first-order valence-corrected chi connectivity index (χ1v) is 10.4. The Hall–Kier alpha value is -3.91. The Morgan fingerprint density at radius 3 is 2.84 bits per heavy atom. The van der Waals surface area contributed by atoms with Gasteiger partial charge in [0.05, 0.1) is 40.5 Å². The lowest BCUT2D eigenvalue weighted by Gasteiger charge is -2.01. The van der Waals surface area contributed by atoms with Crippen LogP contribution in [0.15, 0.2) is 66.6 Å². The third-order valence-corrected chi connectivity index (χ3v) is 5.85. The molecule has 0 aromatic carbocycles. The molecule has 152 valence electrons. The minimum absolute atomic E-state index is 0.222. The summed E-state index contributed by atoms with van der Waals surface area (Å²) in [7, 11) is 0. The molecule has 0 bridgehead atoms. The van der Waals surface area contributed by atoms with Gasteiger partial charge in [0.2, 0.25) is 0 Å². The maximum atomic E-state index is 13.6. The van der Waals surface area contributed by atoms with Crippen LogP contribution in [0.2, 0.25) is 0 Å². The Balaban J connectivity index is 1.65. The molecule has 0 unspecified atom stereocenters. The molecule has 0 spiro atoms. The highest BCUT2D eigenvalue weighted by Crippen LogP contribution is 2.36. The molecule has 2 N–H and O–H groups in total. The lowest BCUT2D eigenvalue weighted by Crippen LogP contribution is -1.88. The van der Waals surface area contributed by atoms with Crippen molar-refractivity contribution in [3.63, 3.8) is 0 Å². The maximum absolute atomic E-state index is 13.6. The third-order valence-electron chi connectivity index (χ3n) is 4.94. The lowest BCUT2D eigenvalue weighted by atomic mass is 10.1. The zero-order valence-corrected chi connectivity index (χ0v) is 17.4. The van der Waals surface area contributed by atoms with Gasteiger partial charge in [-0.15, -0.1) is 11.3 Å². The first kappa shape index (κ1) is 19.1. The molecule has 5 aromatic rings. The topological polar surface area (TPSA) is 82.6 Å². The summed E-state index contributed by atoms with van der Waals surface area (Å²) in [4.78, 5) is 17.4. The predicted octanol–water partition coefficient (Wildman–Crippen LogP) is 5.99. The summed E-state index contributed by atoms with van der Waals surface area (Å²) in [6, 6.07) is 7.22. The number of H-pyrrole nitrogens is 2. The van der Waals surface area contributed by atoms with Crippen molar-refractivity contribution in [2.24, 2.45) is 4.99 Å². The zero-order chi connectivity index (χ0) is 21.4. The van der Waals surface area contributed by atoms with Crippen LogP contribution < -0.4 is 0 Å². The van der Waals surface area contributed by atoms with Crippen molar-refractivity contribution in [1.29, 1.82) is 0 Å². The fraction of sp³-hybridized carbons (Fsp3) is 0.0435. The molecule has 5 aromatic heterocycles. The van der Waals surface area contributed by atoms with E-state index >= 15 is 0 Å². The van der Waals surface area contributed by atoms with Crippen molar-refractivity contribution in [3.8, 4) is 21.8 Å². The second-order valence-corrected chi connectivity index (χ2v) is 7.84. The summed E-state index contributed by atoms with van der Waals surface area (Å²) in [5, 5.41) is 9.20. The lowest BCUT2D eigenvalue weighted by molar-refractivity contribution is 0.657. The standard InChI is InChI=1S/C23H17FN6S/c1-3-7-26-16(4-2)17-9-14-20(12-27-17)29-30-23(14)18-8-13-15(10-25-11-19(13)28-18)21-5-6-22(24)31-21/h3-12,28H,1H2,2H3,(H,29,30)/b16-4-,26-7?. The Morgan fingerprint density at radius 2 is 2.06 bits per heavy atom. The van der Waals surface area contributed by atoms with Gasteiger partial charge in [0.15, 0.2) is 5.13 Å². The highest BCUT2D eigenvalue weighted by molar-refractivity contribution is 7.14. The summed E-state index contributed by atoms with van der Waals surface area (Å²) < 4.78 is 13.6. The summed E-state index contributed by atoms with van der Waals surface area (Å²) in [6.07, 6.45) is 10.4. The van der Waals surface area contributed by atoms with E-state index < -0.39 is 0 Å². The van der Waals surface area contributed by atoms with E-state index in [1.807, 2.05) is 25.1 Å². The van der Waals surface area contributed by atoms with Crippen molar-refractivity contribution < 1.29 is 4.39 Å². The van der Waals surface area contributed by atoms with Gasteiger partial charge in [0.1, 0.15) is 5.69 Å². The molecule has 0 atom stereocenters. The van der Waals surface area contributed by atoms with E-state index in [0.29, 0.717) is 0 Å². The van der Waals surface area contributed by atoms with Gasteiger partial charge < -0.3 is 4.98 Å². The molecule has 0 aliphatic heterocycles. The minimum Gasteiger partial charge on any atom is -0.352 e. The van der Waals surface area contributed by atoms with Crippen LogP contribution in [0.5, 0.6) is 0 Å². The van der Waals surface area contributed by atoms with Gasteiger partial charge in [-0.1, -0.05) is 18.7 Å². The van der Waals surface area contributed by atoms with Gasteiger partial charge in [-0.25, -0.2) is 0 Å². The van der Waals surface area contributed by atoms with E-state index in [4.69, 9.17) is 0 Å². The fourth-order valence-corrected chi connectivity index (χ4v) is 4.27. The molecule has 5 rings (SSSR count). The third kappa shape index (κ3) is 3.36. The average molecular weight is 428 g/mol. The maximum Gasteiger partial charge on any atom is 0.176 e. The first-order chi connectivity index (χ1) is 15.2. The first-order valence-electron chi connectivity index (χ1n) is 9.56. The Labute approximate surface area is 180 Å². The normalized spacial score (nSPS) is 12.4. The van der Waals surface area contributed by atoms with Crippen molar-refractivity contribution in [2.75, 3.05) is 0 Å². The SMILES string of the molecule is C=CC=N/C(=C\C)c1cc2c(-c3cc4c(-c5ccc(F)s5)cncc4[nH]3)n[nH]c2cn1. The molecule has 8 heteroatoms. The van der Waals surface area contributed by atoms with E-state index in [2.05, 4.69) is 36.7 Å². The van der Waals surface area contributed by atoms with Crippen LogP contribution in [0.1, 0.15) is 12.6 Å². The quantitative estimate of drug-likeness (QED) is 0.338. The zero-order valence-electron chi connectivity index (χ0n) is 16.6. The molecule has 0 saturated carbocycles. The number of aromatic amines is 2. The summed E-state index contributed by atoms with van der Waals surface area (Å²) >= 11 is 1.10. The number of pyridine rings is 2. The van der Waals surface area contributed by atoms with Crippen molar-refractivity contribution >= 4 is 45.1 Å². The highest BCUT2D eigenvalue weighted by atomic mass is 32.1. The van der Waals surface area contributed by atoms with E-state index in [-0.39, 0.29) is 5.13 Å². The molecule has 0 fully saturated rings. The summed E-state index contributed by atoms with van der Waals surface area (Å²) in [5.74, 6) is 0. The van der Waals surface area contributed by atoms with Crippen LogP contribution in [0.3, 0.4) is 0 Å². The Bertz CT molecular complexity index is 1490. The Kier molecular flexibility index (Phi) is 4.76.